The highest BCUT2D eigenvalue weighted by Crippen LogP contribution is 2.19. The molecule has 0 atom stereocenters. The number of halogens is 1. The molecule has 0 aliphatic heterocycles. The molecular formula is C16H14ClN5O2. The number of hydrogen-bond donors (Lipinski definition) is 1. The quantitative estimate of drug-likeness (QED) is 0.770. The number of rotatable bonds is 5. The molecule has 0 bridgehead atoms. The van der Waals surface area contributed by atoms with Crippen molar-refractivity contribution in [2.45, 2.75) is 6.54 Å². The van der Waals surface area contributed by atoms with Crippen LogP contribution in [0.25, 0.3) is 11.4 Å². The number of carbonyl (C=O) groups is 1. The highest BCUT2D eigenvalue weighted by Gasteiger charge is 2.12. The van der Waals surface area contributed by atoms with Crippen molar-refractivity contribution in [1.82, 2.24) is 20.2 Å². The number of aromatic nitrogens is 4. The summed E-state index contributed by atoms with van der Waals surface area (Å²) < 4.78 is 6.51. The van der Waals surface area contributed by atoms with Crippen LogP contribution in [0.3, 0.4) is 0 Å². The summed E-state index contributed by atoms with van der Waals surface area (Å²) in [7, 11) is 1.59. The standard InChI is InChI=1S/C16H14ClN5O2/c1-24-14-8-6-13(7-9-14)18-15(23)10-22-16(19-20-21-22)11-2-4-12(17)5-3-11/h2-9H,10H2,1H3,(H,18,23). The summed E-state index contributed by atoms with van der Waals surface area (Å²) in [6.45, 7) is -0.00299. The maximum atomic E-state index is 12.2. The van der Waals surface area contributed by atoms with Crippen molar-refractivity contribution in [1.29, 1.82) is 0 Å². The summed E-state index contributed by atoms with van der Waals surface area (Å²) in [6.07, 6.45) is 0. The monoisotopic (exact) mass is 343 g/mol. The van der Waals surface area contributed by atoms with Crippen molar-refractivity contribution in [3.8, 4) is 17.1 Å². The smallest absolute Gasteiger partial charge is 0.246 e. The second-order valence-electron chi connectivity index (χ2n) is 4.94. The van der Waals surface area contributed by atoms with Gasteiger partial charge in [-0.05, 0) is 59.0 Å². The van der Waals surface area contributed by atoms with Crippen LogP contribution in [-0.4, -0.2) is 33.2 Å². The van der Waals surface area contributed by atoms with Crippen molar-refractivity contribution in [3.63, 3.8) is 0 Å². The molecule has 122 valence electrons. The van der Waals surface area contributed by atoms with E-state index in [9.17, 15) is 4.79 Å². The zero-order valence-electron chi connectivity index (χ0n) is 12.8. The SMILES string of the molecule is COc1ccc(NC(=O)Cn2nnnc2-c2ccc(Cl)cc2)cc1. The van der Waals surface area contributed by atoms with Gasteiger partial charge in [-0.15, -0.1) is 5.10 Å². The predicted octanol–water partition coefficient (Wildman–Crippen LogP) is 2.64. The Labute approximate surface area is 143 Å². The van der Waals surface area contributed by atoms with E-state index in [1.54, 1.807) is 55.6 Å². The van der Waals surface area contributed by atoms with Crippen LogP contribution in [0.15, 0.2) is 48.5 Å². The molecule has 1 amide bonds. The van der Waals surface area contributed by atoms with Crippen LogP contribution in [0.4, 0.5) is 5.69 Å². The topological polar surface area (TPSA) is 81.9 Å². The number of anilines is 1. The molecule has 0 aliphatic rings. The van der Waals surface area contributed by atoms with E-state index in [4.69, 9.17) is 16.3 Å². The second kappa shape index (κ2) is 7.10. The third-order valence-electron chi connectivity index (χ3n) is 3.30. The van der Waals surface area contributed by atoms with Crippen LogP contribution in [0.1, 0.15) is 0 Å². The Hall–Kier alpha value is -2.93. The molecule has 1 aromatic heterocycles. The molecule has 0 saturated carbocycles. The van der Waals surface area contributed by atoms with Crippen molar-refractivity contribution in [2.24, 2.45) is 0 Å². The highest BCUT2D eigenvalue weighted by molar-refractivity contribution is 6.30. The summed E-state index contributed by atoms with van der Waals surface area (Å²) in [5.41, 5.74) is 1.45. The van der Waals surface area contributed by atoms with E-state index < -0.39 is 0 Å². The van der Waals surface area contributed by atoms with Gasteiger partial charge in [-0.1, -0.05) is 11.6 Å². The Kier molecular flexibility index (Phi) is 4.72. The van der Waals surface area contributed by atoms with E-state index >= 15 is 0 Å². The lowest BCUT2D eigenvalue weighted by atomic mass is 10.2. The van der Waals surface area contributed by atoms with E-state index in [0.717, 1.165) is 11.3 Å². The molecule has 0 radical (unpaired) electrons. The van der Waals surface area contributed by atoms with Gasteiger partial charge in [0.15, 0.2) is 5.82 Å². The van der Waals surface area contributed by atoms with Crippen LogP contribution in [-0.2, 0) is 11.3 Å². The fourth-order valence-corrected chi connectivity index (χ4v) is 2.25. The Morgan fingerprint density at radius 1 is 1.17 bits per heavy atom. The maximum Gasteiger partial charge on any atom is 0.246 e. The van der Waals surface area contributed by atoms with Gasteiger partial charge in [-0.25, -0.2) is 4.68 Å². The molecule has 3 aromatic rings. The molecule has 2 aromatic carbocycles. The van der Waals surface area contributed by atoms with Gasteiger partial charge in [0, 0.05) is 16.3 Å². The van der Waals surface area contributed by atoms with Crippen LogP contribution >= 0.6 is 11.6 Å². The van der Waals surface area contributed by atoms with Gasteiger partial charge in [0.05, 0.1) is 7.11 Å². The van der Waals surface area contributed by atoms with Gasteiger partial charge in [0.25, 0.3) is 0 Å². The number of methoxy groups -OCH3 is 1. The Morgan fingerprint density at radius 3 is 2.54 bits per heavy atom. The summed E-state index contributed by atoms with van der Waals surface area (Å²) in [4.78, 5) is 12.2. The molecule has 3 rings (SSSR count). The number of benzene rings is 2. The number of tetrazole rings is 1. The molecule has 7 nitrogen and oxygen atoms in total. The molecule has 24 heavy (non-hydrogen) atoms. The first-order chi connectivity index (χ1) is 11.7. The molecule has 1 heterocycles. The van der Waals surface area contributed by atoms with Crippen molar-refractivity contribution < 1.29 is 9.53 Å². The summed E-state index contributed by atoms with van der Waals surface area (Å²) >= 11 is 5.88. The normalized spacial score (nSPS) is 10.4. The fraction of sp³-hybridized carbons (Fsp3) is 0.125. The van der Waals surface area contributed by atoms with Crippen LogP contribution in [0, 0.1) is 0 Å². The predicted molar refractivity (Wildman–Crippen MR) is 89.9 cm³/mol. The molecule has 1 N–H and O–H groups in total. The van der Waals surface area contributed by atoms with Gasteiger partial charge < -0.3 is 10.1 Å². The summed E-state index contributed by atoms with van der Waals surface area (Å²) in [6, 6.07) is 14.1. The minimum Gasteiger partial charge on any atom is -0.497 e. The van der Waals surface area contributed by atoms with Crippen molar-refractivity contribution >= 4 is 23.2 Å². The molecule has 0 aliphatic carbocycles. The van der Waals surface area contributed by atoms with E-state index in [0.29, 0.717) is 16.5 Å². The zero-order valence-corrected chi connectivity index (χ0v) is 13.6. The first-order valence-corrected chi connectivity index (χ1v) is 7.49. The van der Waals surface area contributed by atoms with Gasteiger partial charge in [0.2, 0.25) is 5.91 Å². The average Bonchev–Trinajstić information content (AvgIpc) is 3.04. The maximum absolute atomic E-state index is 12.2. The van der Waals surface area contributed by atoms with E-state index in [2.05, 4.69) is 20.8 Å². The van der Waals surface area contributed by atoms with E-state index in [1.807, 2.05) is 0 Å². The number of nitrogens with zero attached hydrogens (tertiary/aromatic N) is 4. The van der Waals surface area contributed by atoms with Crippen LogP contribution in [0.5, 0.6) is 5.75 Å². The number of amides is 1. The minimum absolute atomic E-state index is 0.00299. The number of nitrogens with one attached hydrogen (secondary N) is 1. The summed E-state index contributed by atoms with van der Waals surface area (Å²) in [5.74, 6) is 0.984. The van der Waals surface area contributed by atoms with Crippen LogP contribution < -0.4 is 10.1 Å². The van der Waals surface area contributed by atoms with Crippen LogP contribution in [0.2, 0.25) is 5.02 Å². The lowest BCUT2D eigenvalue weighted by Crippen LogP contribution is -2.20. The molecule has 0 unspecified atom stereocenters. The van der Waals surface area contributed by atoms with Gasteiger partial charge >= 0.3 is 0 Å². The zero-order chi connectivity index (χ0) is 16.9. The first kappa shape index (κ1) is 15.9. The fourth-order valence-electron chi connectivity index (χ4n) is 2.13. The Balaban J connectivity index is 1.70. The molecule has 0 saturated heterocycles. The number of hydrogen-bond acceptors (Lipinski definition) is 5. The number of carbonyl (C=O) groups excluding carboxylic acids is 1. The Morgan fingerprint density at radius 2 is 1.88 bits per heavy atom. The largest absolute Gasteiger partial charge is 0.497 e. The lowest BCUT2D eigenvalue weighted by molar-refractivity contribution is -0.116. The highest BCUT2D eigenvalue weighted by atomic mass is 35.5. The third-order valence-corrected chi connectivity index (χ3v) is 3.55. The van der Waals surface area contributed by atoms with Gasteiger partial charge in [-0.3, -0.25) is 4.79 Å². The lowest BCUT2D eigenvalue weighted by Gasteiger charge is -2.07. The Bertz CT molecular complexity index is 830. The van der Waals surface area contributed by atoms with E-state index in [-0.39, 0.29) is 12.5 Å². The minimum atomic E-state index is -0.234. The molecule has 0 spiro atoms. The number of ether oxygens (including phenoxy) is 1. The molecular weight excluding hydrogens is 330 g/mol. The molecule has 8 heteroatoms. The van der Waals surface area contributed by atoms with E-state index in [1.165, 1.54) is 4.68 Å². The first-order valence-electron chi connectivity index (χ1n) is 7.12. The van der Waals surface area contributed by atoms with Crippen molar-refractivity contribution in [3.05, 3.63) is 53.6 Å². The molecule has 0 fully saturated rings. The third kappa shape index (κ3) is 3.69. The van der Waals surface area contributed by atoms with Gasteiger partial charge in [0.1, 0.15) is 12.3 Å². The summed E-state index contributed by atoms with van der Waals surface area (Å²) in [5, 5.41) is 14.9. The second-order valence-corrected chi connectivity index (χ2v) is 5.38. The van der Waals surface area contributed by atoms with Crippen molar-refractivity contribution in [2.75, 3.05) is 12.4 Å². The van der Waals surface area contributed by atoms with Gasteiger partial charge in [-0.2, -0.15) is 0 Å². The average molecular weight is 344 g/mol.